The molecule has 6 nitrogen and oxygen atoms in total. The number of fused-ring (bicyclic) bond motifs is 1. The summed E-state index contributed by atoms with van der Waals surface area (Å²) in [4.78, 5) is 19.2. The maximum atomic E-state index is 13.0. The van der Waals surface area contributed by atoms with Crippen LogP contribution in [-0.4, -0.2) is 31.3 Å². The minimum atomic E-state index is -3.78. The van der Waals surface area contributed by atoms with Gasteiger partial charge in [0.1, 0.15) is 5.01 Å². The van der Waals surface area contributed by atoms with Crippen LogP contribution in [0.3, 0.4) is 0 Å². The molecule has 0 unspecified atom stereocenters. The van der Waals surface area contributed by atoms with Gasteiger partial charge < -0.3 is 4.90 Å². The number of carbonyl (C=O) groups excluding carboxylic acids is 1. The van der Waals surface area contributed by atoms with Gasteiger partial charge in [-0.15, -0.1) is 11.3 Å². The van der Waals surface area contributed by atoms with E-state index in [1.54, 1.807) is 42.3 Å². The van der Waals surface area contributed by atoms with Crippen molar-refractivity contribution in [2.75, 3.05) is 7.05 Å². The number of nitrogens with zero attached hydrogens (tertiary/aromatic N) is 2. The molecule has 32 heavy (non-hydrogen) atoms. The summed E-state index contributed by atoms with van der Waals surface area (Å²) in [5, 5.41) is 0.825. The van der Waals surface area contributed by atoms with Crippen LogP contribution in [0, 0.1) is 6.92 Å². The summed E-state index contributed by atoms with van der Waals surface area (Å²) in [7, 11) is -2.09. The largest absolute Gasteiger partial charge is 0.335 e. The molecule has 8 heteroatoms. The maximum absolute atomic E-state index is 13.0. The molecule has 0 aliphatic rings. The number of carbonyl (C=O) groups is 1. The standard InChI is InChI=1S/C24H23N3O3S2/c1-17-12-13-19(14-22(17)32(29,30)25-15-18-8-4-3-5-9-18)24(28)27(2)16-23-26-20-10-6-7-11-21(20)31-23/h3-14,25H,15-16H2,1-2H3. The number of thiazole rings is 1. The maximum Gasteiger partial charge on any atom is 0.254 e. The fraction of sp³-hybridized carbons (Fsp3) is 0.167. The summed E-state index contributed by atoms with van der Waals surface area (Å²) in [5.41, 5.74) is 2.66. The lowest BCUT2D eigenvalue weighted by Gasteiger charge is -2.17. The van der Waals surface area contributed by atoms with Gasteiger partial charge >= 0.3 is 0 Å². The molecule has 0 aliphatic heterocycles. The van der Waals surface area contributed by atoms with E-state index in [1.165, 1.54) is 6.07 Å². The first-order valence-electron chi connectivity index (χ1n) is 10.1. The molecule has 1 heterocycles. The molecule has 4 aromatic rings. The number of aryl methyl sites for hydroxylation is 1. The molecular formula is C24H23N3O3S2. The molecule has 0 saturated heterocycles. The van der Waals surface area contributed by atoms with Crippen molar-refractivity contribution in [3.63, 3.8) is 0 Å². The molecule has 1 N–H and O–H groups in total. The summed E-state index contributed by atoms with van der Waals surface area (Å²) in [6.45, 7) is 2.24. The monoisotopic (exact) mass is 465 g/mol. The van der Waals surface area contributed by atoms with Crippen LogP contribution in [0.5, 0.6) is 0 Å². The van der Waals surface area contributed by atoms with Crippen molar-refractivity contribution in [2.45, 2.75) is 24.9 Å². The zero-order valence-electron chi connectivity index (χ0n) is 17.8. The van der Waals surface area contributed by atoms with E-state index < -0.39 is 10.0 Å². The number of hydrogen-bond acceptors (Lipinski definition) is 5. The fourth-order valence-electron chi connectivity index (χ4n) is 3.36. The SMILES string of the molecule is Cc1ccc(C(=O)N(C)Cc2nc3ccccc3s2)cc1S(=O)(=O)NCc1ccccc1. The van der Waals surface area contributed by atoms with E-state index in [0.717, 1.165) is 20.8 Å². The van der Waals surface area contributed by atoms with Crippen molar-refractivity contribution in [2.24, 2.45) is 0 Å². The molecule has 1 amide bonds. The summed E-state index contributed by atoms with van der Waals surface area (Å²) >= 11 is 1.54. The van der Waals surface area contributed by atoms with Crippen molar-refractivity contribution in [1.29, 1.82) is 0 Å². The predicted octanol–water partition coefficient (Wildman–Crippen LogP) is 4.36. The van der Waals surface area contributed by atoms with E-state index in [-0.39, 0.29) is 17.3 Å². The Kier molecular flexibility index (Phi) is 6.36. The molecule has 164 valence electrons. The Morgan fingerprint density at radius 2 is 1.75 bits per heavy atom. The number of sulfonamides is 1. The Labute approximate surface area is 191 Å². The van der Waals surface area contributed by atoms with Crippen molar-refractivity contribution in [3.05, 3.63) is 94.5 Å². The Hall–Kier alpha value is -3.07. The molecule has 0 saturated carbocycles. The highest BCUT2D eigenvalue weighted by molar-refractivity contribution is 7.89. The van der Waals surface area contributed by atoms with E-state index in [9.17, 15) is 13.2 Å². The van der Waals surface area contributed by atoms with Gasteiger partial charge in [-0.05, 0) is 42.3 Å². The first kappa shape index (κ1) is 22.1. The van der Waals surface area contributed by atoms with Crippen LogP contribution in [0.4, 0.5) is 0 Å². The fourth-order valence-corrected chi connectivity index (χ4v) is 5.66. The van der Waals surface area contributed by atoms with Gasteiger partial charge in [-0.1, -0.05) is 48.5 Å². The highest BCUT2D eigenvalue weighted by Crippen LogP contribution is 2.23. The van der Waals surface area contributed by atoms with Crippen LogP contribution >= 0.6 is 11.3 Å². The van der Waals surface area contributed by atoms with Gasteiger partial charge in [0.15, 0.2) is 0 Å². The van der Waals surface area contributed by atoms with Crippen molar-refractivity contribution >= 4 is 37.5 Å². The molecule has 0 radical (unpaired) electrons. The molecule has 0 bridgehead atoms. The van der Waals surface area contributed by atoms with E-state index in [1.807, 2.05) is 54.6 Å². The second-order valence-electron chi connectivity index (χ2n) is 7.53. The zero-order valence-corrected chi connectivity index (χ0v) is 19.4. The third-order valence-electron chi connectivity index (χ3n) is 5.09. The number of para-hydroxylation sites is 1. The smallest absolute Gasteiger partial charge is 0.254 e. The highest BCUT2D eigenvalue weighted by Gasteiger charge is 2.21. The Bertz CT molecular complexity index is 1330. The Morgan fingerprint density at radius 1 is 1.03 bits per heavy atom. The number of nitrogens with one attached hydrogen (secondary N) is 1. The van der Waals surface area contributed by atoms with Crippen LogP contribution in [-0.2, 0) is 23.1 Å². The van der Waals surface area contributed by atoms with Gasteiger partial charge in [0.2, 0.25) is 10.0 Å². The van der Waals surface area contributed by atoms with E-state index in [2.05, 4.69) is 9.71 Å². The molecule has 0 spiro atoms. The van der Waals surface area contributed by atoms with Gasteiger partial charge in [-0.3, -0.25) is 4.79 Å². The lowest BCUT2D eigenvalue weighted by molar-refractivity contribution is 0.0785. The third-order valence-corrected chi connectivity index (χ3v) is 7.66. The zero-order chi connectivity index (χ0) is 22.7. The first-order valence-corrected chi connectivity index (χ1v) is 12.4. The minimum absolute atomic E-state index is 0.104. The number of hydrogen-bond donors (Lipinski definition) is 1. The van der Waals surface area contributed by atoms with Gasteiger partial charge in [-0.25, -0.2) is 18.1 Å². The highest BCUT2D eigenvalue weighted by atomic mass is 32.2. The van der Waals surface area contributed by atoms with Crippen molar-refractivity contribution in [1.82, 2.24) is 14.6 Å². The van der Waals surface area contributed by atoms with Crippen LogP contribution < -0.4 is 4.72 Å². The Balaban J connectivity index is 1.52. The third kappa shape index (κ3) is 4.88. The predicted molar refractivity (Wildman–Crippen MR) is 127 cm³/mol. The summed E-state index contributed by atoms with van der Waals surface area (Å²) in [5.74, 6) is -0.260. The second kappa shape index (κ2) is 9.20. The molecule has 0 atom stereocenters. The van der Waals surface area contributed by atoms with Crippen LogP contribution in [0.25, 0.3) is 10.2 Å². The van der Waals surface area contributed by atoms with E-state index in [4.69, 9.17) is 0 Å². The van der Waals surface area contributed by atoms with Gasteiger partial charge in [0, 0.05) is 19.2 Å². The topological polar surface area (TPSA) is 79.4 Å². The van der Waals surface area contributed by atoms with Gasteiger partial charge in [0.05, 0.1) is 21.7 Å². The number of rotatable bonds is 7. The average molecular weight is 466 g/mol. The molecule has 4 rings (SSSR count). The normalized spacial score (nSPS) is 11.6. The van der Waals surface area contributed by atoms with Crippen molar-refractivity contribution < 1.29 is 13.2 Å². The van der Waals surface area contributed by atoms with Gasteiger partial charge in [-0.2, -0.15) is 0 Å². The lowest BCUT2D eigenvalue weighted by Crippen LogP contribution is -2.27. The number of aromatic nitrogens is 1. The lowest BCUT2D eigenvalue weighted by atomic mass is 10.1. The van der Waals surface area contributed by atoms with Crippen LogP contribution in [0.2, 0.25) is 0 Å². The summed E-state index contributed by atoms with van der Waals surface area (Å²) in [6, 6.07) is 21.9. The van der Waals surface area contributed by atoms with E-state index in [0.29, 0.717) is 17.7 Å². The summed E-state index contributed by atoms with van der Waals surface area (Å²) in [6.07, 6.45) is 0. The minimum Gasteiger partial charge on any atom is -0.335 e. The molecule has 1 aromatic heterocycles. The molecular weight excluding hydrogens is 442 g/mol. The molecule has 0 fully saturated rings. The first-order chi connectivity index (χ1) is 15.3. The number of amides is 1. The average Bonchev–Trinajstić information content (AvgIpc) is 3.20. The number of benzene rings is 3. The summed E-state index contributed by atoms with van der Waals surface area (Å²) < 4.78 is 29.5. The van der Waals surface area contributed by atoms with Gasteiger partial charge in [0.25, 0.3) is 5.91 Å². The molecule has 0 aliphatic carbocycles. The van der Waals surface area contributed by atoms with Crippen LogP contribution in [0.15, 0.2) is 77.7 Å². The quantitative estimate of drug-likeness (QED) is 0.440. The Morgan fingerprint density at radius 3 is 2.50 bits per heavy atom. The molecule has 3 aromatic carbocycles. The van der Waals surface area contributed by atoms with Crippen molar-refractivity contribution in [3.8, 4) is 0 Å². The van der Waals surface area contributed by atoms with E-state index >= 15 is 0 Å². The second-order valence-corrected chi connectivity index (χ2v) is 10.4. The van der Waals surface area contributed by atoms with Crippen LogP contribution in [0.1, 0.15) is 26.5 Å².